The highest BCUT2D eigenvalue weighted by Crippen LogP contribution is 2.42. The molecular formula is C9H17O6P. The molecule has 7 heteroatoms. The lowest BCUT2D eigenvalue weighted by atomic mass is 10.4. The van der Waals surface area contributed by atoms with Gasteiger partial charge in [-0.2, -0.15) is 0 Å². The summed E-state index contributed by atoms with van der Waals surface area (Å²) in [5.74, 6) is -0.455. The Morgan fingerprint density at radius 2 is 1.69 bits per heavy atom. The molecule has 16 heavy (non-hydrogen) atoms. The molecule has 0 radical (unpaired) electrons. The Labute approximate surface area is 94.4 Å². The van der Waals surface area contributed by atoms with Gasteiger partial charge in [0.1, 0.15) is 6.61 Å². The summed E-state index contributed by atoms with van der Waals surface area (Å²) in [5, 5.41) is 8.10. The van der Waals surface area contributed by atoms with Gasteiger partial charge in [-0.15, -0.1) is 0 Å². The van der Waals surface area contributed by atoms with Gasteiger partial charge in [0.05, 0.1) is 6.61 Å². The molecule has 0 aliphatic rings. The largest absolute Gasteiger partial charge is 0.460 e. The molecule has 6 nitrogen and oxygen atoms in total. The quantitative estimate of drug-likeness (QED) is 0.388. The van der Waals surface area contributed by atoms with Crippen molar-refractivity contribution in [2.24, 2.45) is 0 Å². The summed E-state index contributed by atoms with van der Waals surface area (Å²) in [4.78, 5) is 26.7. The molecule has 0 saturated heterocycles. The minimum Gasteiger partial charge on any atom is -0.460 e. The van der Waals surface area contributed by atoms with E-state index < -0.39 is 13.6 Å². The standard InChI is InChI=1S/C6H10O3.C3H7O3P/c1-5(2)6(8)9-4-3-7;1-3(2)7(4,5)6/h7H,1,3-4H2,2H3;1H2,2H3,(H2,4,5,6). The van der Waals surface area contributed by atoms with Gasteiger partial charge in [-0.25, -0.2) is 4.79 Å². The number of hydrogen-bond acceptors (Lipinski definition) is 4. The van der Waals surface area contributed by atoms with Crippen LogP contribution in [0.4, 0.5) is 0 Å². The molecule has 0 rings (SSSR count). The van der Waals surface area contributed by atoms with E-state index in [1.807, 2.05) is 0 Å². The molecule has 0 aromatic rings. The lowest BCUT2D eigenvalue weighted by Crippen LogP contribution is -2.08. The summed E-state index contributed by atoms with van der Waals surface area (Å²) in [7, 11) is -3.93. The monoisotopic (exact) mass is 252 g/mol. The fraction of sp³-hybridized carbons (Fsp3) is 0.444. The van der Waals surface area contributed by atoms with E-state index in [1.54, 1.807) is 6.92 Å². The van der Waals surface area contributed by atoms with Gasteiger partial charge < -0.3 is 19.6 Å². The predicted molar refractivity (Wildman–Crippen MR) is 59.7 cm³/mol. The van der Waals surface area contributed by atoms with Crippen LogP contribution in [0.1, 0.15) is 13.8 Å². The van der Waals surface area contributed by atoms with Gasteiger partial charge in [-0.1, -0.05) is 13.2 Å². The number of hydrogen-bond donors (Lipinski definition) is 3. The average Bonchev–Trinajstić information content (AvgIpc) is 2.13. The Morgan fingerprint density at radius 1 is 1.31 bits per heavy atom. The first-order chi connectivity index (χ1) is 7.12. The van der Waals surface area contributed by atoms with Crippen LogP contribution in [-0.2, 0) is 14.1 Å². The molecular weight excluding hydrogens is 235 g/mol. The zero-order valence-corrected chi connectivity index (χ0v) is 10.2. The molecule has 0 spiro atoms. The van der Waals surface area contributed by atoms with Gasteiger partial charge in [0, 0.05) is 10.9 Å². The Bertz CT molecular complexity index is 303. The van der Waals surface area contributed by atoms with Crippen LogP contribution in [0.3, 0.4) is 0 Å². The normalized spacial score (nSPS) is 9.81. The maximum absolute atomic E-state index is 10.5. The van der Waals surface area contributed by atoms with Crippen LogP contribution in [0.25, 0.3) is 0 Å². The van der Waals surface area contributed by atoms with Crippen LogP contribution in [0.2, 0.25) is 0 Å². The maximum atomic E-state index is 10.5. The number of carbonyl (C=O) groups excluding carboxylic acids is 1. The zero-order chi connectivity index (χ0) is 13.4. The second kappa shape index (κ2) is 8.24. The van der Waals surface area contributed by atoms with Gasteiger partial charge in [0.2, 0.25) is 0 Å². The van der Waals surface area contributed by atoms with E-state index in [9.17, 15) is 9.36 Å². The van der Waals surface area contributed by atoms with Crippen molar-refractivity contribution < 1.29 is 29.0 Å². The van der Waals surface area contributed by atoms with Crippen molar-refractivity contribution in [2.45, 2.75) is 13.8 Å². The average molecular weight is 252 g/mol. The highest BCUT2D eigenvalue weighted by molar-refractivity contribution is 7.56. The lowest BCUT2D eigenvalue weighted by Gasteiger charge is -1.99. The van der Waals surface area contributed by atoms with Gasteiger partial charge in [-0.3, -0.25) is 4.57 Å². The van der Waals surface area contributed by atoms with E-state index in [0.29, 0.717) is 5.57 Å². The number of carbonyl (C=O) groups is 1. The van der Waals surface area contributed by atoms with E-state index in [1.165, 1.54) is 6.92 Å². The molecule has 0 atom stereocenters. The maximum Gasteiger partial charge on any atom is 0.351 e. The third-order valence-corrected chi connectivity index (χ3v) is 2.16. The van der Waals surface area contributed by atoms with Crippen molar-refractivity contribution in [1.29, 1.82) is 0 Å². The minimum atomic E-state index is -3.93. The third kappa shape index (κ3) is 11.1. The van der Waals surface area contributed by atoms with Crippen LogP contribution in [0.15, 0.2) is 24.0 Å². The van der Waals surface area contributed by atoms with Crippen LogP contribution in [-0.4, -0.2) is 34.1 Å². The number of aliphatic hydroxyl groups is 1. The van der Waals surface area contributed by atoms with Crippen molar-refractivity contribution in [2.75, 3.05) is 13.2 Å². The number of allylic oxidation sites excluding steroid dienone is 1. The fourth-order valence-electron chi connectivity index (χ4n) is 0.262. The van der Waals surface area contributed by atoms with E-state index in [4.69, 9.17) is 14.9 Å². The Kier molecular flexibility index (Phi) is 8.99. The topological polar surface area (TPSA) is 104 Å². The molecule has 0 aliphatic carbocycles. The summed E-state index contributed by atoms with van der Waals surface area (Å²) in [6, 6.07) is 0. The van der Waals surface area contributed by atoms with Crippen molar-refractivity contribution in [3.05, 3.63) is 24.0 Å². The summed E-state index contributed by atoms with van der Waals surface area (Å²) in [6.07, 6.45) is 0. The molecule has 0 fully saturated rings. The first-order valence-electron chi connectivity index (χ1n) is 4.28. The summed E-state index contributed by atoms with van der Waals surface area (Å²) in [6.45, 7) is 9.17. The fourth-order valence-corrected chi connectivity index (χ4v) is 0.262. The number of rotatable bonds is 4. The van der Waals surface area contributed by atoms with Crippen LogP contribution < -0.4 is 0 Å². The molecule has 0 aromatic carbocycles. The SMILES string of the molecule is C=C(C)C(=O)OCCO.C=C(C)P(=O)(O)O. The molecule has 0 aromatic heterocycles. The molecule has 94 valence electrons. The minimum absolute atomic E-state index is 0.0473. The van der Waals surface area contributed by atoms with E-state index in [0.717, 1.165) is 0 Å². The number of ether oxygens (including phenoxy) is 1. The smallest absolute Gasteiger partial charge is 0.351 e. The van der Waals surface area contributed by atoms with Crippen LogP contribution in [0.5, 0.6) is 0 Å². The predicted octanol–water partition coefficient (Wildman–Crippen LogP) is 0.796. The lowest BCUT2D eigenvalue weighted by molar-refractivity contribution is -0.139. The molecule has 0 saturated carbocycles. The Morgan fingerprint density at radius 3 is 1.88 bits per heavy atom. The highest BCUT2D eigenvalue weighted by atomic mass is 31.2. The Balaban J connectivity index is 0. The van der Waals surface area contributed by atoms with E-state index in [-0.39, 0.29) is 18.5 Å². The number of esters is 1. The van der Waals surface area contributed by atoms with Gasteiger partial charge in [0.15, 0.2) is 0 Å². The second-order valence-electron chi connectivity index (χ2n) is 2.92. The second-order valence-corrected chi connectivity index (χ2v) is 4.77. The van der Waals surface area contributed by atoms with Crippen LogP contribution >= 0.6 is 7.60 Å². The first-order valence-corrected chi connectivity index (χ1v) is 5.89. The molecule has 0 aliphatic heterocycles. The van der Waals surface area contributed by atoms with E-state index >= 15 is 0 Å². The van der Waals surface area contributed by atoms with Crippen molar-refractivity contribution in [1.82, 2.24) is 0 Å². The van der Waals surface area contributed by atoms with Gasteiger partial charge >= 0.3 is 13.6 Å². The van der Waals surface area contributed by atoms with Gasteiger partial charge in [-0.05, 0) is 13.8 Å². The van der Waals surface area contributed by atoms with E-state index in [2.05, 4.69) is 17.9 Å². The molecule has 3 N–H and O–H groups in total. The summed E-state index contributed by atoms with van der Waals surface area (Å²) >= 11 is 0. The zero-order valence-electron chi connectivity index (χ0n) is 9.34. The van der Waals surface area contributed by atoms with Crippen molar-refractivity contribution in [3.8, 4) is 0 Å². The van der Waals surface area contributed by atoms with Crippen LogP contribution in [0, 0.1) is 0 Å². The number of aliphatic hydroxyl groups excluding tert-OH is 1. The van der Waals surface area contributed by atoms with Crippen molar-refractivity contribution >= 4 is 13.6 Å². The molecule has 0 amide bonds. The molecule has 0 unspecified atom stereocenters. The Hall–Kier alpha value is -0.940. The van der Waals surface area contributed by atoms with Gasteiger partial charge in [0.25, 0.3) is 0 Å². The highest BCUT2D eigenvalue weighted by Gasteiger charge is 2.11. The summed E-state index contributed by atoms with van der Waals surface area (Å²) in [5.41, 5.74) is 0.350. The van der Waals surface area contributed by atoms with Crippen molar-refractivity contribution in [3.63, 3.8) is 0 Å². The first kappa shape index (κ1) is 17.5. The molecule has 0 heterocycles. The summed E-state index contributed by atoms with van der Waals surface area (Å²) < 4.78 is 14.4. The molecule has 0 bridgehead atoms. The third-order valence-electron chi connectivity index (χ3n) is 1.17.